The smallest absolute Gasteiger partial charge is 0.318 e. The molecule has 0 aromatic heterocycles. The molecule has 0 aromatic carbocycles. The molecule has 0 bridgehead atoms. The Labute approximate surface area is 206 Å². The van der Waals surface area contributed by atoms with Gasteiger partial charge in [-0.15, -0.1) is 11.8 Å². The molecule has 1 heterocycles. The molecule has 14 nitrogen and oxygen atoms in total. The first-order chi connectivity index (χ1) is 16.3. The number of rotatable bonds is 6. The van der Waals surface area contributed by atoms with Crippen LogP contribution < -0.4 is 32.7 Å². The van der Waals surface area contributed by atoms with Crippen molar-refractivity contribution >= 4 is 47.3 Å². The zero-order chi connectivity index (χ0) is 26.9. The van der Waals surface area contributed by atoms with Crippen molar-refractivity contribution in [3.05, 3.63) is 0 Å². The maximum atomic E-state index is 13.0. The molecular weight excluding hydrogens is 484 g/mol. The van der Waals surface area contributed by atoms with E-state index in [-0.39, 0.29) is 11.7 Å². The summed E-state index contributed by atoms with van der Waals surface area (Å²) >= 11 is 0.815. The topological polar surface area (TPSA) is 243 Å². The Kier molecular flexibility index (Phi) is 11.9. The minimum absolute atomic E-state index is 0.177. The zero-order valence-corrected chi connectivity index (χ0v) is 20.6. The molecule has 5 unspecified atom stereocenters. The highest BCUT2D eigenvalue weighted by Crippen LogP contribution is 2.23. The van der Waals surface area contributed by atoms with E-state index in [1.165, 1.54) is 6.92 Å². The molecule has 1 fully saturated rings. The summed E-state index contributed by atoms with van der Waals surface area (Å²) in [6.07, 6.45) is -0.0908. The van der Waals surface area contributed by atoms with Gasteiger partial charge in [-0.2, -0.15) is 0 Å². The summed E-state index contributed by atoms with van der Waals surface area (Å²) in [7, 11) is 0. The van der Waals surface area contributed by atoms with Gasteiger partial charge in [0.1, 0.15) is 23.4 Å². The van der Waals surface area contributed by atoms with Crippen LogP contribution >= 0.6 is 11.8 Å². The van der Waals surface area contributed by atoms with Gasteiger partial charge in [0.25, 0.3) is 0 Å². The van der Waals surface area contributed by atoms with Crippen LogP contribution in [-0.4, -0.2) is 93.5 Å². The maximum Gasteiger partial charge on any atom is 0.318 e. The van der Waals surface area contributed by atoms with Crippen LogP contribution in [0.1, 0.15) is 33.6 Å². The molecule has 1 aliphatic rings. The largest absolute Gasteiger partial charge is 0.480 e. The van der Waals surface area contributed by atoms with Crippen LogP contribution in [0.15, 0.2) is 0 Å². The van der Waals surface area contributed by atoms with Crippen molar-refractivity contribution in [2.75, 3.05) is 12.4 Å². The number of amides is 5. The van der Waals surface area contributed by atoms with Crippen LogP contribution in [0.5, 0.6) is 0 Å². The summed E-state index contributed by atoms with van der Waals surface area (Å²) < 4.78 is 0. The van der Waals surface area contributed by atoms with E-state index < -0.39 is 84.0 Å². The molecule has 0 aliphatic carbocycles. The van der Waals surface area contributed by atoms with Crippen molar-refractivity contribution in [2.45, 2.75) is 69.1 Å². The summed E-state index contributed by atoms with van der Waals surface area (Å²) in [5.41, 5.74) is 11.1. The number of hydrogen-bond acceptors (Lipinski definition) is 9. The highest BCUT2D eigenvalue weighted by Gasteiger charge is 2.37. The summed E-state index contributed by atoms with van der Waals surface area (Å²) in [5, 5.41) is 27.6. The molecule has 1 saturated heterocycles. The number of carbonyl (C=O) groups excluding carboxylic acids is 5. The molecule has 198 valence electrons. The fourth-order valence-corrected chi connectivity index (χ4v) is 4.46. The van der Waals surface area contributed by atoms with Gasteiger partial charge in [-0.3, -0.25) is 28.8 Å². The predicted molar refractivity (Wildman–Crippen MR) is 126 cm³/mol. The number of thioether (sulfide) groups is 1. The fraction of sp³-hybridized carbons (Fsp3) is 0.700. The molecule has 5 amide bonds. The Hall–Kier alpha value is -2.91. The van der Waals surface area contributed by atoms with E-state index in [2.05, 4.69) is 21.3 Å². The fourth-order valence-electron chi connectivity index (χ4n) is 3.21. The number of primary amides is 1. The first kappa shape index (κ1) is 30.1. The van der Waals surface area contributed by atoms with Gasteiger partial charge in [-0.25, -0.2) is 0 Å². The monoisotopic (exact) mass is 518 g/mol. The van der Waals surface area contributed by atoms with Crippen LogP contribution in [0.2, 0.25) is 0 Å². The second-order valence-corrected chi connectivity index (χ2v) is 9.50. The van der Waals surface area contributed by atoms with E-state index in [0.717, 1.165) is 11.8 Å². The van der Waals surface area contributed by atoms with Crippen LogP contribution in [0.25, 0.3) is 0 Å². The summed E-state index contributed by atoms with van der Waals surface area (Å²) in [5.74, 6) is -6.09. The number of carboxylic acid groups (broad SMARTS) is 1. The summed E-state index contributed by atoms with van der Waals surface area (Å²) in [6.45, 7) is 4.00. The van der Waals surface area contributed by atoms with Gasteiger partial charge >= 0.3 is 5.97 Å². The van der Waals surface area contributed by atoms with E-state index in [1.54, 1.807) is 13.8 Å². The van der Waals surface area contributed by atoms with Gasteiger partial charge < -0.3 is 42.9 Å². The second kappa shape index (κ2) is 13.8. The van der Waals surface area contributed by atoms with E-state index in [4.69, 9.17) is 11.5 Å². The quantitative estimate of drug-likeness (QED) is 0.172. The number of nitrogens with two attached hydrogens (primary N) is 2. The zero-order valence-electron chi connectivity index (χ0n) is 19.8. The molecule has 10 N–H and O–H groups in total. The third kappa shape index (κ3) is 8.99. The van der Waals surface area contributed by atoms with Crippen molar-refractivity contribution in [2.24, 2.45) is 17.4 Å². The van der Waals surface area contributed by atoms with Crippen molar-refractivity contribution in [3.8, 4) is 0 Å². The van der Waals surface area contributed by atoms with Crippen LogP contribution in [-0.2, 0) is 28.8 Å². The molecule has 0 saturated carbocycles. The van der Waals surface area contributed by atoms with Crippen molar-refractivity contribution in [1.82, 2.24) is 21.3 Å². The first-order valence-corrected chi connectivity index (χ1v) is 12.1. The minimum Gasteiger partial charge on any atom is -0.480 e. The lowest BCUT2D eigenvalue weighted by Crippen LogP contribution is -2.60. The van der Waals surface area contributed by atoms with E-state index >= 15 is 0 Å². The van der Waals surface area contributed by atoms with Crippen LogP contribution in [0.3, 0.4) is 0 Å². The summed E-state index contributed by atoms with van der Waals surface area (Å²) in [6, 6.07) is -6.30. The Morgan fingerprint density at radius 2 is 1.60 bits per heavy atom. The average molecular weight is 519 g/mol. The van der Waals surface area contributed by atoms with Crippen LogP contribution in [0, 0.1) is 5.92 Å². The van der Waals surface area contributed by atoms with Gasteiger partial charge in [0, 0.05) is 5.75 Å². The van der Waals surface area contributed by atoms with E-state index in [1.807, 2.05) is 0 Å². The number of carbonyl (C=O) groups is 6. The molecule has 1 rings (SSSR count). The van der Waals surface area contributed by atoms with Gasteiger partial charge in [0.2, 0.25) is 29.5 Å². The number of nitrogens with one attached hydrogen (secondary N) is 4. The Morgan fingerprint density at radius 1 is 1.03 bits per heavy atom. The van der Waals surface area contributed by atoms with Gasteiger partial charge in [-0.05, 0) is 12.8 Å². The molecule has 35 heavy (non-hydrogen) atoms. The highest BCUT2D eigenvalue weighted by molar-refractivity contribution is 8.00. The molecule has 15 heteroatoms. The molecular formula is C20H34N6O8S. The standard InChI is InChI=1S/C20H34N6O8S/c1-4-8(2)14-15(20(33)34)35-7-10(21)17(30)25-12(6-27)19(32)23-9(3)16(29)24-11(5-13(22)28)18(31)26-14/h8-12,14-15,27H,4-7,21H2,1-3H3,(H2,22,28)(H,23,32)(H,24,29)(H,25,30)(H,26,31)(H,33,34)/t8?,9-,10-,11?,12?,14?,15?/m0/s1. The number of aliphatic carboxylic acids is 1. The third-order valence-corrected chi connectivity index (χ3v) is 6.94. The van der Waals surface area contributed by atoms with Crippen molar-refractivity contribution in [3.63, 3.8) is 0 Å². The second-order valence-electron chi connectivity index (χ2n) is 8.32. The van der Waals surface area contributed by atoms with E-state index in [9.17, 15) is 39.0 Å². The lowest BCUT2D eigenvalue weighted by atomic mass is 9.95. The van der Waals surface area contributed by atoms with E-state index in [0.29, 0.717) is 6.42 Å². The van der Waals surface area contributed by atoms with Crippen molar-refractivity contribution in [1.29, 1.82) is 0 Å². The first-order valence-electron chi connectivity index (χ1n) is 11.0. The Balaban J connectivity index is 3.42. The van der Waals surface area contributed by atoms with Gasteiger partial charge in [-0.1, -0.05) is 20.3 Å². The lowest BCUT2D eigenvalue weighted by molar-refractivity contribution is -0.138. The molecule has 0 aromatic rings. The lowest BCUT2D eigenvalue weighted by Gasteiger charge is -2.32. The minimum atomic E-state index is -1.44. The third-order valence-electron chi connectivity index (χ3n) is 5.53. The highest BCUT2D eigenvalue weighted by atomic mass is 32.2. The normalized spacial score (nSPS) is 30.3. The summed E-state index contributed by atoms with van der Waals surface area (Å²) in [4.78, 5) is 74.1. The molecule has 7 atom stereocenters. The Morgan fingerprint density at radius 3 is 2.11 bits per heavy atom. The van der Waals surface area contributed by atoms with Gasteiger partial charge in [0.05, 0.1) is 25.1 Å². The maximum absolute atomic E-state index is 13.0. The SMILES string of the molecule is CCC(C)C1NC(=O)C(CC(N)=O)NC(=O)[C@H](C)NC(=O)C(CO)NC(=O)[C@@H](N)CSC1C(=O)O. The Bertz CT molecular complexity index is 827. The molecule has 0 spiro atoms. The van der Waals surface area contributed by atoms with Gasteiger partial charge in [0.15, 0.2) is 0 Å². The number of aliphatic hydroxyl groups is 1. The van der Waals surface area contributed by atoms with Crippen LogP contribution in [0.4, 0.5) is 0 Å². The number of aliphatic hydroxyl groups excluding tert-OH is 1. The number of hydrogen-bond donors (Lipinski definition) is 8. The predicted octanol–water partition coefficient (Wildman–Crippen LogP) is -3.61. The van der Waals surface area contributed by atoms with Crippen molar-refractivity contribution < 1.29 is 39.0 Å². The molecule has 1 aliphatic heterocycles. The number of carboxylic acids is 1. The average Bonchev–Trinajstić information content (AvgIpc) is 2.78. The molecule has 0 radical (unpaired) electrons.